The van der Waals surface area contributed by atoms with E-state index in [1.807, 2.05) is 6.92 Å². The van der Waals surface area contributed by atoms with Gasteiger partial charge in [-0.3, -0.25) is 14.8 Å². The van der Waals surface area contributed by atoms with Crippen molar-refractivity contribution >= 4 is 5.91 Å². The van der Waals surface area contributed by atoms with Gasteiger partial charge in [0.15, 0.2) is 11.6 Å². The molecule has 1 aromatic heterocycles. The minimum absolute atomic E-state index is 0.0779. The number of ether oxygens (including phenoxy) is 2. The predicted octanol–water partition coefficient (Wildman–Crippen LogP) is 4.26. The van der Waals surface area contributed by atoms with Crippen LogP contribution in [0.1, 0.15) is 54.5 Å². The summed E-state index contributed by atoms with van der Waals surface area (Å²) in [6.45, 7) is 5.12. The number of aromatic nitrogens is 2. The van der Waals surface area contributed by atoms with E-state index in [1.54, 1.807) is 24.8 Å². The molecule has 4 rings (SSSR count). The number of likely N-dealkylation sites (tertiary alicyclic amines) is 1. The van der Waals surface area contributed by atoms with Gasteiger partial charge in [0, 0.05) is 37.4 Å². The van der Waals surface area contributed by atoms with Crippen molar-refractivity contribution < 1.29 is 31.8 Å². The number of aryl methyl sites for hydroxylation is 1. The van der Waals surface area contributed by atoms with Gasteiger partial charge in [0.25, 0.3) is 5.91 Å². The molecule has 0 radical (unpaired) electrons. The van der Waals surface area contributed by atoms with Crippen LogP contribution in [0.2, 0.25) is 0 Å². The van der Waals surface area contributed by atoms with E-state index >= 15 is 0 Å². The molecule has 0 bridgehead atoms. The Kier molecular flexibility index (Phi) is 7.10. The Balaban J connectivity index is 1.46. The Bertz CT molecular complexity index is 1050. The summed E-state index contributed by atoms with van der Waals surface area (Å²) in [7, 11) is 0. The number of nitrogens with zero attached hydrogens (tertiary/aromatic N) is 3. The highest BCUT2D eigenvalue weighted by Gasteiger charge is 2.46. The van der Waals surface area contributed by atoms with Gasteiger partial charge in [-0.15, -0.1) is 0 Å². The van der Waals surface area contributed by atoms with Crippen LogP contribution in [0.3, 0.4) is 0 Å². The summed E-state index contributed by atoms with van der Waals surface area (Å²) in [5, 5.41) is 7.01. The number of benzene rings is 1. The number of hydrogen-bond acceptors (Lipinski definition) is 5. The van der Waals surface area contributed by atoms with Crippen molar-refractivity contribution in [3.63, 3.8) is 0 Å². The van der Waals surface area contributed by atoms with E-state index in [1.165, 1.54) is 17.0 Å². The molecule has 1 N–H and O–H groups in total. The van der Waals surface area contributed by atoms with Gasteiger partial charge in [0.2, 0.25) is 0 Å². The highest BCUT2D eigenvalue weighted by molar-refractivity contribution is 5.94. The molecule has 11 heteroatoms. The Hall–Kier alpha value is -2.66. The van der Waals surface area contributed by atoms with Crippen LogP contribution >= 0.6 is 0 Å². The minimum atomic E-state index is -4.34. The molecule has 2 aliphatic rings. The van der Waals surface area contributed by atoms with Crippen molar-refractivity contribution in [2.45, 2.75) is 57.6 Å². The number of alkyl halides is 3. The monoisotopic (exact) mass is 498 g/mol. The number of morpholine rings is 1. The number of hydrogen-bond donors (Lipinski definition) is 1. The lowest BCUT2D eigenvalue weighted by atomic mass is 9.88. The topological polar surface area (TPSA) is 70.7 Å². The zero-order chi connectivity index (χ0) is 25.4. The predicted molar refractivity (Wildman–Crippen MR) is 120 cm³/mol. The maximum absolute atomic E-state index is 14.4. The van der Waals surface area contributed by atoms with Crippen LogP contribution in [0.25, 0.3) is 0 Å². The number of aromatic amines is 1. The second-order valence-corrected chi connectivity index (χ2v) is 9.65. The molecule has 3 heterocycles. The highest BCUT2D eigenvalue weighted by atomic mass is 19.4. The van der Waals surface area contributed by atoms with E-state index in [2.05, 4.69) is 10.2 Å². The lowest BCUT2D eigenvalue weighted by Gasteiger charge is -2.49. The van der Waals surface area contributed by atoms with Crippen molar-refractivity contribution in [2.75, 3.05) is 32.7 Å². The third kappa shape index (κ3) is 6.13. The summed E-state index contributed by atoms with van der Waals surface area (Å²) in [6.07, 6.45) is -4.42. The minimum Gasteiger partial charge on any atom is -0.488 e. The van der Waals surface area contributed by atoms with E-state index in [0.29, 0.717) is 18.5 Å². The first-order valence-corrected chi connectivity index (χ1v) is 11.7. The number of nitrogens with one attached hydrogen (secondary N) is 1. The Morgan fingerprint density at radius 3 is 2.57 bits per heavy atom. The summed E-state index contributed by atoms with van der Waals surface area (Å²) >= 11 is 0. The molecule has 2 aromatic rings. The van der Waals surface area contributed by atoms with E-state index in [-0.39, 0.29) is 49.5 Å². The van der Waals surface area contributed by atoms with Crippen LogP contribution in [0.4, 0.5) is 17.6 Å². The van der Waals surface area contributed by atoms with Crippen LogP contribution in [0, 0.1) is 12.7 Å². The third-order valence-electron chi connectivity index (χ3n) is 6.29. The van der Waals surface area contributed by atoms with Crippen molar-refractivity contribution in [1.29, 1.82) is 0 Å². The standard InChI is InChI=1S/C24H30F4N4O3/c1-15(2)34-20-5-4-17(11-18(20)25)22(33)32-8-6-23(7-9-32)13-31(14-24(26,27)28)12-21(35-23)19-10-16(3)29-30-19/h4-5,10-11,15,21H,6-9,12-14H2,1-3H3,(H,29,30). The number of rotatable bonds is 5. The summed E-state index contributed by atoms with van der Waals surface area (Å²) in [5.41, 5.74) is 0.718. The molecular weight excluding hydrogens is 468 g/mol. The number of carbonyl (C=O) groups is 1. The number of halogens is 4. The summed E-state index contributed by atoms with van der Waals surface area (Å²) < 4.78 is 65.8. The summed E-state index contributed by atoms with van der Waals surface area (Å²) in [4.78, 5) is 15.9. The van der Waals surface area contributed by atoms with Crippen LogP contribution in [0.15, 0.2) is 24.3 Å². The number of carbonyl (C=O) groups excluding carboxylic acids is 1. The van der Waals surface area contributed by atoms with Gasteiger partial charge >= 0.3 is 6.18 Å². The number of amides is 1. The van der Waals surface area contributed by atoms with Gasteiger partial charge in [-0.2, -0.15) is 18.3 Å². The molecule has 7 nitrogen and oxygen atoms in total. The molecule has 1 spiro atoms. The Labute approximate surface area is 201 Å². The molecule has 1 amide bonds. The van der Waals surface area contributed by atoms with Gasteiger partial charge in [-0.25, -0.2) is 4.39 Å². The van der Waals surface area contributed by atoms with Crippen molar-refractivity contribution in [3.8, 4) is 5.75 Å². The molecule has 1 aromatic carbocycles. The maximum Gasteiger partial charge on any atom is 0.401 e. The van der Waals surface area contributed by atoms with Crippen LogP contribution in [-0.4, -0.2) is 76.5 Å². The lowest BCUT2D eigenvalue weighted by Crippen LogP contribution is -2.59. The third-order valence-corrected chi connectivity index (χ3v) is 6.29. The Morgan fingerprint density at radius 2 is 2.00 bits per heavy atom. The fraction of sp³-hybridized carbons (Fsp3) is 0.583. The molecule has 2 fully saturated rings. The molecule has 0 saturated carbocycles. The quantitative estimate of drug-likeness (QED) is 0.624. The van der Waals surface area contributed by atoms with Gasteiger partial charge < -0.3 is 14.4 Å². The fourth-order valence-electron chi connectivity index (χ4n) is 4.77. The smallest absolute Gasteiger partial charge is 0.401 e. The first-order chi connectivity index (χ1) is 16.4. The van der Waals surface area contributed by atoms with Gasteiger partial charge in [-0.05, 0) is 57.9 Å². The normalized spacial score (nSPS) is 21.0. The molecule has 1 atom stereocenters. The van der Waals surface area contributed by atoms with Crippen molar-refractivity contribution in [1.82, 2.24) is 20.0 Å². The maximum atomic E-state index is 14.4. The molecule has 0 aliphatic carbocycles. The van der Waals surface area contributed by atoms with E-state index in [9.17, 15) is 22.4 Å². The average molecular weight is 499 g/mol. The van der Waals surface area contributed by atoms with Gasteiger partial charge in [0.05, 0.1) is 23.9 Å². The van der Waals surface area contributed by atoms with Crippen LogP contribution in [0.5, 0.6) is 5.75 Å². The van der Waals surface area contributed by atoms with Crippen molar-refractivity contribution in [2.24, 2.45) is 0 Å². The average Bonchev–Trinajstić information content (AvgIpc) is 3.20. The summed E-state index contributed by atoms with van der Waals surface area (Å²) in [5.74, 6) is -0.875. The number of piperidine rings is 1. The molecule has 2 aliphatic heterocycles. The van der Waals surface area contributed by atoms with Gasteiger partial charge in [0.1, 0.15) is 6.10 Å². The van der Waals surface area contributed by atoms with Crippen LogP contribution < -0.4 is 4.74 Å². The largest absolute Gasteiger partial charge is 0.488 e. The molecule has 1 unspecified atom stereocenters. The molecule has 192 valence electrons. The van der Waals surface area contributed by atoms with Crippen LogP contribution in [-0.2, 0) is 4.74 Å². The van der Waals surface area contributed by atoms with Crippen molar-refractivity contribution in [3.05, 3.63) is 47.0 Å². The second-order valence-electron chi connectivity index (χ2n) is 9.65. The second kappa shape index (κ2) is 9.77. The first kappa shape index (κ1) is 25.4. The van der Waals surface area contributed by atoms with Gasteiger partial charge in [-0.1, -0.05) is 0 Å². The zero-order valence-electron chi connectivity index (χ0n) is 20.0. The highest BCUT2D eigenvalue weighted by Crippen LogP contribution is 2.38. The molecular formula is C24H30F4N4O3. The summed E-state index contributed by atoms with van der Waals surface area (Å²) in [6, 6.07) is 5.88. The zero-order valence-corrected chi connectivity index (χ0v) is 20.0. The Morgan fingerprint density at radius 1 is 1.29 bits per heavy atom. The lowest BCUT2D eigenvalue weighted by molar-refractivity contribution is -0.206. The fourth-order valence-corrected chi connectivity index (χ4v) is 4.77. The SMILES string of the molecule is Cc1cc(C2CN(CC(F)(F)F)CC3(CCN(C(=O)c4ccc(OC(C)C)c(F)c4)CC3)O2)n[nH]1. The molecule has 2 saturated heterocycles. The van der Waals surface area contributed by atoms with E-state index in [0.717, 1.165) is 11.8 Å². The first-order valence-electron chi connectivity index (χ1n) is 11.7. The number of H-pyrrole nitrogens is 1. The van der Waals surface area contributed by atoms with E-state index < -0.39 is 30.2 Å². The molecule has 35 heavy (non-hydrogen) atoms. The van der Waals surface area contributed by atoms with E-state index in [4.69, 9.17) is 9.47 Å².